The van der Waals surface area contributed by atoms with Crippen molar-refractivity contribution < 1.29 is 18.3 Å². The van der Waals surface area contributed by atoms with E-state index in [0.29, 0.717) is 28.4 Å². The molecule has 0 aliphatic heterocycles. The van der Waals surface area contributed by atoms with Gasteiger partial charge in [-0.1, -0.05) is 0 Å². The third-order valence-corrected chi connectivity index (χ3v) is 3.91. The van der Waals surface area contributed by atoms with Crippen LogP contribution in [0.1, 0.15) is 48.5 Å². The summed E-state index contributed by atoms with van der Waals surface area (Å²) in [4.78, 5) is 11.4. The van der Waals surface area contributed by atoms with Gasteiger partial charge < -0.3 is 4.74 Å². The van der Waals surface area contributed by atoms with Crippen molar-refractivity contribution in [3.8, 4) is 16.9 Å². The van der Waals surface area contributed by atoms with Crippen molar-refractivity contribution in [2.75, 3.05) is 0 Å². The van der Waals surface area contributed by atoms with E-state index in [2.05, 4.69) is 0 Å². The summed E-state index contributed by atoms with van der Waals surface area (Å²) in [6.07, 6.45) is 2.68. The predicted octanol–water partition coefficient (Wildman–Crippen LogP) is 5.11. The number of hydrogen-bond acceptors (Lipinski definition) is 2. The standard InChI is InChI=1S/C19H18F2O2/c1-11(2)23-19-9-17(15-6-5-14(20)8-18(15)21)16(12-3-4-12)7-13(19)10-22/h5-12H,3-4H2,1-2H3. The normalized spacial score (nSPS) is 14.1. The van der Waals surface area contributed by atoms with Crippen LogP contribution in [0.4, 0.5) is 8.78 Å². The van der Waals surface area contributed by atoms with Crippen LogP contribution in [0.2, 0.25) is 0 Å². The zero-order valence-electron chi connectivity index (χ0n) is 13.1. The summed E-state index contributed by atoms with van der Waals surface area (Å²) in [5.41, 5.74) is 2.39. The SMILES string of the molecule is CC(C)Oc1cc(-c2ccc(F)cc2F)c(C2CC2)cc1C=O. The molecule has 1 aliphatic carbocycles. The van der Waals surface area contributed by atoms with Crippen molar-refractivity contribution in [3.05, 3.63) is 53.1 Å². The van der Waals surface area contributed by atoms with E-state index in [1.54, 1.807) is 12.1 Å². The lowest BCUT2D eigenvalue weighted by molar-refractivity contribution is 0.111. The van der Waals surface area contributed by atoms with E-state index in [0.717, 1.165) is 30.8 Å². The Labute approximate surface area is 134 Å². The Morgan fingerprint density at radius 2 is 1.87 bits per heavy atom. The largest absolute Gasteiger partial charge is 0.490 e. The molecule has 0 atom stereocenters. The van der Waals surface area contributed by atoms with Gasteiger partial charge in [0.15, 0.2) is 6.29 Å². The zero-order chi connectivity index (χ0) is 16.6. The third-order valence-electron chi connectivity index (χ3n) is 3.91. The van der Waals surface area contributed by atoms with E-state index in [1.807, 2.05) is 13.8 Å². The van der Waals surface area contributed by atoms with Crippen LogP contribution >= 0.6 is 0 Å². The smallest absolute Gasteiger partial charge is 0.153 e. The lowest BCUT2D eigenvalue weighted by Crippen LogP contribution is -2.08. The van der Waals surface area contributed by atoms with Gasteiger partial charge >= 0.3 is 0 Å². The number of hydrogen-bond donors (Lipinski definition) is 0. The summed E-state index contributed by atoms with van der Waals surface area (Å²) in [5.74, 6) is -0.469. The average Bonchev–Trinajstić information content (AvgIpc) is 3.31. The molecule has 23 heavy (non-hydrogen) atoms. The van der Waals surface area contributed by atoms with Gasteiger partial charge in [-0.3, -0.25) is 4.79 Å². The second-order valence-electron chi connectivity index (χ2n) is 6.16. The van der Waals surface area contributed by atoms with Gasteiger partial charge in [-0.2, -0.15) is 0 Å². The molecule has 1 fully saturated rings. The molecule has 1 aliphatic rings. The van der Waals surface area contributed by atoms with E-state index in [9.17, 15) is 13.6 Å². The van der Waals surface area contributed by atoms with Gasteiger partial charge in [0.2, 0.25) is 0 Å². The lowest BCUT2D eigenvalue weighted by atomic mass is 9.93. The number of benzene rings is 2. The minimum atomic E-state index is -0.610. The van der Waals surface area contributed by atoms with Crippen molar-refractivity contribution in [1.29, 1.82) is 0 Å². The molecule has 0 aromatic heterocycles. The molecular weight excluding hydrogens is 298 g/mol. The molecule has 0 saturated heterocycles. The maximum Gasteiger partial charge on any atom is 0.153 e. The Bertz CT molecular complexity index is 749. The van der Waals surface area contributed by atoms with Gasteiger partial charge in [0, 0.05) is 11.6 Å². The second-order valence-corrected chi connectivity index (χ2v) is 6.16. The van der Waals surface area contributed by atoms with Crippen LogP contribution in [0.15, 0.2) is 30.3 Å². The second kappa shape index (κ2) is 6.11. The number of carbonyl (C=O) groups excluding carboxylic acids is 1. The van der Waals surface area contributed by atoms with Crippen LogP contribution in [0.25, 0.3) is 11.1 Å². The summed E-state index contributed by atoms with van der Waals surface area (Å²) in [5, 5.41) is 0. The first kappa shape index (κ1) is 15.7. The van der Waals surface area contributed by atoms with Crippen LogP contribution < -0.4 is 4.74 Å². The first-order chi connectivity index (χ1) is 11.0. The Morgan fingerprint density at radius 3 is 2.43 bits per heavy atom. The fourth-order valence-electron chi connectivity index (χ4n) is 2.74. The van der Waals surface area contributed by atoms with Crippen LogP contribution in [-0.2, 0) is 0 Å². The lowest BCUT2D eigenvalue weighted by Gasteiger charge is -2.17. The number of rotatable bonds is 5. The van der Waals surface area contributed by atoms with Crippen LogP contribution in [0, 0.1) is 11.6 Å². The highest BCUT2D eigenvalue weighted by Crippen LogP contribution is 2.46. The summed E-state index contributed by atoms with van der Waals surface area (Å²) in [7, 11) is 0. The molecule has 3 rings (SSSR count). The van der Waals surface area contributed by atoms with Crippen molar-refractivity contribution in [2.24, 2.45) is 0 Å². The van der Waals surface area contributed by atoms with Gasteiger partial charge in [-0.25, -0.2) is 8.78 Å². The number of carbonyl (C=O) groups is 1. The molecule has 2 nitrogen and oxygen atoms in total. The van der Waals surface area contributed by atoms with Crippen molar-refractivity contribution in [1.82, 2.24) is 0 Å². The van der Waals surface area contributed by atoms with Gasteiger partial charge in [0.1, 0.15) is 17.4 Å². The Balaban J connectivity index is 2.18. The van der Waals surface area contributed by atoms with Crippen LogP contribution in [0.5, 0.6) is 5.75 Å². The third kappa shape index (κ3) is 3.26. The van der Waals surface area contributed by atoms with Gasteiger partial charge in [0.05, 0.1) is 11.7 Å². The highest BCUT2D eigenvalue weighted by atomic mass is 19.1. The van der Waals surface area contributed by atoms with Gasteiger partial charge in [-0.15, -0.1) is 0 Å². The molecule has 0 amide bonds. The molecule has 0 unspecified atom stereocenters. The van der Waals surface area contributed by atoms with Crippen molar-refractivity contribution in [2.45, 2.75) is 38.7 Å². The summed E-state index contributed by atoms with van der Waals surface area (Å²) in [6.45, 7) is 3.73. The predicted molar refractivity (Wildman–Crippen MR) is 84.9 cm³/mol. The number of aldehydes is 1. The first-order valence-corrected chi connectivity index (χ1v) is 7.74. The fraction of sp³-hybridized carbons (Fsp3) is 0.316. The topological polar surface area (TPSA) is 26.3 Å². The molecule has 0 radical (unpaired) electrons. The first-order valence-electron chi connectivity index (χ1n) is 7.74. The number of ether oxygens (including phenoxy) is 1. The molecule has 2 aromatic rings. The maximum absolute atomic E-state index is 14.2. The van der Waals surface area contributed by atoms with Gasteiger partial charge in [-0.05, 0) is 68.0 Å². The molecule has 0 N–H and O–H groups in total. The minimum Gasteiger partial charge on any atom is -0.490 e. The van der Waals surface area contributed by atoms with Crippen LogP contribution in [-0.4, -0.2) is 12.4 Å². The van der Waals surface area contributed by atoms with E-state index >= 15 is 0 Å². The molecule has 0 spiro atoms. The quantitative estimate of drug-likeness (QED) is 0.717. The van der Waals surface area contributed by atoms with Gasteiger partial charge in [0.25, 0.3) is 0 Å². The molecule has 0 heterocycles. The highest BCUT2D eigenvalue weighted by molar-refractivity contribution is 5.84. The number of halogens is 2. The highest BCUT2D eigenvalue weighted by Gasteiger charge is 2.29. The van der Waals surface area contributed by atoms with Crippen molar-refractivity contribution >= 4 is 6.29 Å². The van der Waals surface area contributed by atoms with Crippen LogP contribution in [0.3, 0.4) is 0 Å². The molecule has 0 bridgehead atoms. The zero-order valence-corrected chi connectivity index (χ0v) is 13.1. The minimum absolute atomic E-state index is 0.105. The van der Waals surface area contributed by atoms with E-state index in [4.69, 9.17) is 4.74 Å². The van der Waals surface area contributed by atoms with E-state index in [-0.39, 0.29) is 6.10 Å². The molecular formula is C19H18F2O2. The van der Waals surface area contributed by atoms with E-state index < -0.39 is 11.6 Å². The maximum atomic E-state index is 14.2. The summed E-state index contributed by atoms with van der Waals surface area (Å²) in [6, 6.07) is 7.04. The van der Waals surface area contributed by atoms with E-state index in [1.165, 1.54) is 12.1 Å². The monoisotopic (exact) mass is 316 g/mol. The Morgan fingerprint density at radius 1 is 1.13 bits per heavy atom. The molecule has 1 saturated carbocycles. The molecule has 120 valence electrons. The Hall–Kier alpha value is -2.23. The summed E-state index contributed by atoms with van der Waals surface area (Å²) >= 11 is 0. The Kier molecular flexibility index (Phi) is 4.16. The fourth-order valence-corrected chi connectivity index (χ4v) is 2.74. The molecule has 4 heteroatoms. The molecule has 2 aromatic carbocycles. The van der Waals surface area contributed by atoms with Crippen molar-refractivity contribution in [3.63, 3.8) is 0 Å². The summed E-state index contributed by atoms with van der Waals surface area (Å²) < 4.78 is 33.1. The average molecular weight is 316 g/mol.